The molecule has 0 saturated carbocycles. The van der Waals surface area contributed by atoms with E-state index < -0.39 is 0 Å². The average molecular weight is 385 g/mol. The van der Waals surface area contributed by atoms with Crippen LogP contribution in [0.2, 0.25) is 0 Å². The van der Waals surface area contributed by atoms with Crippen molar-refractivity contribution < 1.29 is 19.1 Å². The van der Waals surface area contributed by atoms with E-state index in [9.17, 15) is 9.59 Å². The third-order valence-corrected chi connectivity index (χ3v) is 4.02. The van der Waals surface area contributed by atoms with Crippen molar-refractivity contribution >= 4 is 23.2 Å². The first-order valence-electron chi connectivity index (χ1n) is 9.23. The minimum Gasteiger partial charge on any atom is -0.497 e. The van der Waals surface area contributed by atoms with Crippen LogP contribution in [0.4, 0.5) is 11.4 Å². The van der Waals surface area contributed by atoms with Gasteiger partial charge in [0.15, 0.2) is 0 Å². The molecule has 0 spiro atoms. The van der Waals surface area contributed by atoms with Gasteiger partial charge in [0.2, 0.25) is 11.8 Å². The predicted molar refractivity (Wildman–Crippen MR) is 110 cm³/mol. The lowest BCUT2D eigenvalue weighted by atomic mass is 10.3. The highest BCUT2D eigenvalue weighted by molar-refractivity contribution is 5.95. The van der Waals surface area contributed by atoms with Gasteiger partial charge in [-0.05, 0) is 49.9 Å². The van der Waals surface area contributed by atoms with Gasteiger partial charge in [0.25, 0.3) is 0 Å². The summed E-state index contributed by atoms with van der Waals surface area (Å²) >= 11 is 0. The van der Waals surface area contributed by atoms with Crippen LogP contribution >= 0.6 is 0 Å². The maximum Gasteiger partial charge on any atom is 0.238 e. The van der Waals surface area contributed by atoms with Crippen LogP contribution in [0.5, 0.6) is 11.5 Å². The zero-order valence-electron chi connectivity index (χ0n) is 16.5. The fourth-order valence-corrected chi connectivity index (χ4v) is 2.60. The Balaban J connectivity index is 1.88. The number of likely N-dealkylation sites (N-methyl/N-ethyl adjacent to an activating group) is 1. The molecule has 2 aromatic rings. The van der Waals surface area contributed by atoms with Crippen molar-refractivity contribution in [2.45, 2.75) is 13.8 Å². The van der Waals surface area contributed by atoms with E-state index in [4.69, 9.17) is 9.47 Å². The molecule has 2 N–H and O–H groups in total. The predicted octanol–water partition coefficient (Wildman–Crippen LogP) is 2.99. The number of carbonyl (C=O) groups is 2. The van der Waals surface area contributed by atoms with E-state index in [0.29, 0.717) is 30.3 Å². The van der Waals surface area contributed by atoms with Crippen LogP contribution in [-0.2, 0) is 9.59 Å². The van der Waals surface area contributed by atoms with Gasteiger partial charge in [0.1, 0.15) is 11.5 Å². The second-order valence-electron chi connectivity index (χ2n) is 6.06. The second kappa shape index (κ2) is 10.9. The summed E-state index contributed by atoms with van der Waals surface area (Å²) in [6, 6.07) is 14.4. The van der Waals surface area contributed by atoms with Crippen molar-refractivity contribution in [2.24, 2.45) is 0 Å². The Labute approximate surface area is 165 Å². The van der Waals surface area contributed by atoms with Crippen LogP contribution in [0.3, 0.4) is 0 Å². The minimum absolute atomic E-state index is 0.104. The highest BCUT2D eigenvalue weighted by Gasteiger charge is 2.15. The number of carbonyl (C=O) groups excluding carboxylic acids is 2. The summed E-state index contributed by atoms with van der Waals surface area (Å²) in [6.45, 7) is 5.09. The summed E-state index contributed by atoms with van der Waals surface area (Å²) in [4.78, 5) is 26.4. The lowest BCUT2D eigenvalue weighted by molar-refractivity contribution is -0.119. The summed E-state index contributed by atoms with van der Waals surface area (Å²) in [5.41, 5.74) is 1.30. The number of nitrogens with zero attached hydrogens (tertiary/aromatic N) is 1. The molecule has 0 unspecified atom stereocenters. The first kappa shape index (κ1) is 21.2. The Morgan fingerprint density at radius 1 is 0.929 bits per heavy atom. The second-order valence-corrected chi connectivity index (χ2v) is 6.06. The van der Waals surface area contributed by atoms with Gasteiger partial charge in [-0.1, -0.05) is 19.1 Å². The molecule has 7 heteroatoms. The quantitative estimate of drug-likeness (QED) is 0.657. The summed E-state index contributed by atoms with van der Waals surface area (Å²) < 4.78 is 10.6. The fourth-order valence-electron chi connectivity index (χ4n) is 2.60. The van der Waals surface area contributed by atoms with Crippen molar-refractivity contribution in [2.75, 3.05) is 44.0 Å². The van der Waals surface area contributed by atoms with Crippen molar-refractivity contribution in [1.82, 2.24) is 4.90 Å². The van der Waals surface area contributed by atoms with Gasteiger partial charge in [-0.3, -0.25) is 14.5 Å². The Morgan fingerprint density at radius 3 is 2.18 bits per heavy atom. The first-order chi connectivity index (χ1) is 13.5. The standard InChI is InChI=1S/C21H27N3O4/c1-4-24(14-20(25)22-16-10-12-17(27-3)13-11-16)15-21(26)23-18-8-6-7-9-19(18)28-5-2/h6-13H,4-5,14-15H2,1-3H3,(H,22,25)(H,23,26). The van der Waals surface area contributed by atoms with E-state index in [1.54, 1.807) is 48.4 Å². The molecule has 0 aliphatic carbocycles. The normalized spacial score (nSPS) is 10.4. The monoisotopic (exact) mass is 385 g/mol. The Hall–Kier alpha value is -3.06. The highest BCUT2D eigenvalue weighted by Crippen LogP contribution is 2.23. The van der Waals surface area contributed by atoms with E-state index in [-0.39, 0.29) is 24.9 Å². The maximum absolute atomic E-state index is 12.4. The SMILES string of the molecule is CCOc1ccccc1NC(=O)CN(CC)CC(=O)Nc1ccc(OC)cc1. The molecule has 0 radical (unpaired) electrons. The summed E-state index contributed by atoms with van der Waals surface area (Å²) in [5, 5.41) is 5.66. The molecule has 2 amide bonds. The lowest BCUT2D eigenvalue weighted by Gasteiger charge is -2.20. The van der Waals surface area contributed by atoms with Gasteiger partial charge < -0.3 is 20.1 Å². The van der Waals surface area contributed by atoms with E-state index in [1.807, 2.05) is 26.0 Å². The molecule has 2 rings (SSSR count). The van der Waals surface area contributed by atoms with E-state index >= 15 is 0 Å². The Bertz CT molecular complexity index is 777. The van der Waals surface area contributed by atoms with Gasteiger partial charge >= 0.3 is 0 Å². The van der Waals surface area contributed by atoms with Gasteiger partial charge in [0.05, 0.1) is 32.5 Å². The molecule has 0 saturated heterocycles. The third kappa shape index (κ3) is 6.59. The van der Waals surface area contributed by atoms with Gasteiger partial charge in [-0.15, -0.1) is 0 Å². The molecule has 2 aromatic carbocycles. The zero-order valence-corrected chi connectivity index (χ0v) is 16.5. The Morgan fingerprint density at radius 2 is 1.57 bits per heavy atom. The largest absolute Gasteiger partial charge is 0.497 e. The van der Waals surface area contributed by atoms with Crippen LogP contribution in [0.15, 0.2) is 48.5 Å². The summed E-state index contributed by atoms with van der Waals surface area (Å²) in [6.07, 6.45) is 0. The number of hydrogen-bond acceptors (Lipinski definition) is 5. The Kier molecular flexibility index (Phi) is 8.30. The fraction of sp³-hybridized carbons (Fsp3) is 0.333. The van der Waals surface area contributed by atoms with E-state index in [1.165, 1.54) is 0 Å². The number of ether oxygens (including phenoxy) is 2. The number of benzene rings is 2. The average Bonchev–Trinajstić information content (AvgIpc) is 2.69. The van der Waals surface area contributed by atoms with Gasteiger partial charge in [-0.2, -0.15) is 0 Å². The molecule has 7 nitrogen and oxygen atoms in total. The van der Waals surface area contributed by atoms with E-state index in [0.717, 1.165) is 5.75 Å². The van der Waals surface area contributed by atoms with Crippen LogP contribution < -0.4 is 20.1 Å². The van der Waals surface area contributed by atoms with Crippen molar-refractivity contribution in [3.8, 4) is 11.5 Å². The number of nitrogens with one attached hydrogen (secondary N) is 2. The maximum atomic E-state index is 12.4. The molecule has 0 aromatic heterocycles. The van der Waals surface area contributed by atoms with Crippen molar-refractivity contribution in [3.63, 3.8) is 0 Å². The molecule has 0 aliphatic rings. The zero-order chi connectivity index (χ0) is 20.4. The number of rotatable bonds is 10. The first-order valence-corrected chi connectivity index (χ1v) is 9.23. The molecule has 0 heterocycles. The molecular formula is C21H27N3O4. The molecule has 150 valence electrons. The van der Waals surface area contributed by atoms with Crippen LogP contribution in [0, 0.1) is 0 Å². The number of amides is 2. The molecule has 0 atom stereocenters. The van der Waals surface area contributed by atoms with E-state index in [2.05, 4.69) is 10.6 Å². The molecule has 0 bridgehead atoms. The van der Waals surface area contributed by atoms with Crippen LogP contribution in [0.1, 0.15) is 13.8 Å². The van der Waals surface area contributed by atoms with Crippen molar-refractivity contribution in [3.05, 3.63) is 48.5 Å². The van der Waals surface area contributed by atoms with Gasteiger partial charge in [-0.25, -0.2) is 0 Å². The van der Waals surface area contributed by atoms with Crippen molar-refractivity contribution in [1.29, 1.82) is 0 Å². The number of anilines is 2. The highest BCUT2D eigenvalue weighted by atomic mass is 16.5. The number of hydrogen-bond donors (Lipinski definition) is 2. The molecule has 0 fully saturated rings. The molecular weight excluding hydrogens is 358 g/mol. The van der Waals surface area contributed by atoms with Crippen LogP contribution in [0.25, 0.3) is 0 Å². The number of methoxy groups -OCH3 is 1. The molecule has 0 aliphatic heterocycles. The lowest BCUT2D eigenvalue weighted by Crippen LogP contribution is -2.38. The smallest absolute Gasteiger partial charge is 0.238 e. The number of para-hydroxylation sites is 2. The van der Waals surface area contributed by atoms with Crippen LogP contribution in [-0.4, -0.2) is 50.1 Å². The summed E-state index contributed by atoms with van der Waals surface area (Å²) in [7, 11) is 1.59. The minimum atomic E-state index is -0.203. The third-order valence-electron chi connectivity index (χ3n) is 4.02. The topological polar surface area (TPSA) is 79.9 Å². The van der Waals surface area contributed by atoms with Gasteiger partial charge in [0, 0.05) is 5.69 Å². The molecule has 28 heavy (non-hydrogen) atoms. The summed E-state index contributed by atoms with van der Waals surface area (Å²) in [5.74, 6) is 0.955.